The molecular weight excluding hydrogens is 243 g/mol. The lowest BCUT2D eigenvalue weighted by atomic mass is 10.0. The number of esters is 1. The number of methoxy groups -OCH3 is 1. The molecule has 2 unspecified atom stereocenters. The van der Waals surface area contributed by atoms with Gasteiger partial charge in [0.05, 0.1) is 25.2 Å². The zero-order chi connectivity index (χ0) is 13.7. The largest absolute Gasteiger partial charge is 0.469 e. The summed E-state index contributed by atoms with van der Waals surface area (Å²) in [4.78, 5) is 21.3. The quantitative estimate of drug-likeness (QED) is 0.595. The molecule has 0 spiro atoms. The third kappa shape index (κ3) is 3.35. The predicted octanol–water partition coefficient (Wildman–Crippen LogP) is 0.596. The molecule has 1 aromatic carbocycles. The number of benzene rings is 1. The van der Waals surface area contributed by atoms with Crippen LogP contribution < -0.4 is 0 Å². The smallest absolute Gasteiger partial charge is 0.308 e. The summed E-state index contributed by atoms with van der Waals surface area (Å²) in [7, 11) is 1.15. The van der Waals surface area contributed by atoms with Crippen molar-refractivity contribution in [3.63, 3.8) is 0 Å². The minimum Gasteiger partial charge on any atom is -0.469 e. The molecule has 0 aromatic heterocycles. The Morgan fingerprint density at radius 1 is 1.50 bits per heavy atom. The van der Waals surface area contributed by atoms with Crippen LogP contribution in [0.3, 0.4) is 0 Å². The Hall–Kier alpha value is -1.79. The number of aldehydes is 1. The first-order valence-corrected chi connectivity index (χ1v) is 5.17. The lowest BCUT2D eigenvalue weighted by Gasteiger charge is -2.17. The number of carbonyl (C=O) groups excluding carboxylic acids is 2. The molecule has 18 heavy (non-hydrogen) atoms. The maximum absolute atomic E-state index is 13.3. The SMILES string of the molecule is COC(=O)CC(O)C(O)c1ccc(C=O)c(F)c1. The Labute approximate surface area is 103 Å². The summed E-state index contributed by atoms with van der Waals surface area (Å²) in [5.74, 6) is -1.49. The Kier molecular flexibility index (Phi) is 4.94. The van der Waals surface area contributed by atoms with Crippen LogP contribution in [0.4, 0.5) is 4.39 Å². The Balaban J connectivity index is 2.83. The molecule has 0 heterocycles. The maximum atomic E-state index is 13.3. The van der Waals surface area contributed by atoms with Crippen LogP contribution in [-0.2, 0) is 9.53 Å². The van der Waals surface area contributed by atoms with E-state index < -0.39 is 30.4 Å². The van der Waals surface area contributed by atoms with E-state index in [1.165, 1.54) is 12.1 Å². The minimum atomic E-state index is -1.43. The summed E-state index contributed by atoms with van der Waals surface area (Å²) in [5, 5.41) is 19.3. The normalized spacial score (nSPS) is 13.8. The van der Waals surface area contributed by atoms with E-state index in [0.29, 0.717) is 6.29 Å². The molecule has 2 atom stereocenters. The summed E-state index contributed by atoms with van der Waals surface area (Å²) >= 11 is 0. The third-order valence-corrected chi connectivity index (χ3v) is 2.46. The van der Waals surface area contributed by atoms with Gasteiger partial charge in [0.15, 0.2) is 6.29 Å². The summed E-state index contributed by atoms with van der Waals surface area (Å²) < 4.78 is 17.6. The number of aliphatic hydroxyl groups excluding tert-OH is 2. The van der Waals surface area contributed by atoms with Crippen LogP contribution in [0.5, 0.6) is 0 Å². The molecule has 0 fully saturated rings. The summed E-state index contributed by atoms with van der Waals surface area (Å²) in [6.45, 7) is 0. The van der Waals surface area contributed by atoms with Gasteiger partial charge in [0.2, 0.25) is 0 Å². The molecule has 6 heteroatoms. The van der Waals surface area contributed by atoms with Crippen LogP contribution in [0, 0.1) is 5.82 Å². The van der Waals surface area contributed by atoms with Crippen LogP contribution in [0.25, 0.3) is 0 Å². The minimum absolute atomic E-state index is 0.0782. The highest BCUT2D eigenvalue weighted by molar-refractivity contribution is 5.75. The first kappa shape index (κ1) is 14.3. The summed E-state index contributed by atoms with van der Waals surface area (Å²) in [6, 6.07) is 3.43. The topological polar surface area (TPSA) is 83.8 Å². The van der Waals surface area contributed by atoms with Crippen molar-refractivity contribution in [2.24, 2.45) is 0 Å². The van der Waals surface area contributed by atoms with Gasteiger partial charge in [0.25, 0.3) is 0 Å². The number of carbonyl (C=O) groups is 2. The number of halogens is 1. The van der Waals surface area contributed by atoms with Gasteiger partial charge >= 0.3 is 5.97 Å². The van der Waals surface area contributed by atoms with Crippen molar-refractivity contribution in [1.29, 1.82) is 0 Å². The summed E-state index contributed by atoms with van der Waals surface area (Å²) in [6.07, 6.45) is -2.90. The molecule has 0 amide bonds. The van der Waals surface area contributed by atoms with Crippen molar-refractivity contribution in [3.05, 3.63) is 35.1 Å². The van der Waals surface area contributed by atoms with Crippen molar-refractivity contribution in [2.75, 3.05) is 7.11 Å². The number of aliphatic hydroxyl groups is 2. The highest BCUT2D eigenvalue weighted by Gasteiger charge is 2.22. The van der Waals surface area contributed by atoms with E-state index in [9.17, 15) is 24.2 Å². The first-order chi connectivity index (χ1) is 8.49. The highest BCUT2D eigenvalue weighted by atomic mass is 19.1. The Morgan fingerprint density at radius 3 is 2.67 bits per heavy atom. The van der Waals surface area contributed by atoms with E-state index in [4.69, 9.17) is 0 Å². The maximum Gasteiger partial charge on any atom is 0.308 e. The molecule has 0 radical (unpaired) electrons. The molecule has 0 bridgehead atoms. The van der Waals surface area contributed by atoms with Crippen molar-refractivity contribution < 1.29 is 28.9 Å². The van der Waals surface area contributed by atoms with Crippen LogP contribution in [0.15, 0.2) is 18.2 Å². The third-order valence-electron chi connectivity index (χ3n) is 2.46. The van der Waals surface area contributed by atoms with Gasteiger partial charge in [-0.2, -0.15) is 0 Å². The molecule has 2 N–H and O–H groups in total. The molecule has 0 aliphatic rings. The molecule has 98 valence electrons. The van der Waals surface area contributed by atoms with Gasteiger partial charge in [-0.05, 0) is 17.7 Å². The second kappa shape index (κ2) is 6.23. The van der Waals surface area contributed by atoms with Crippen molar-refractivity contribution in [3.8, 4) is 0 Å². The van der Waals surface area contributed by atoms with Gasteiger partial charge in [-0.3, -0.25) is 9.59 Å². The second-order valence-electron chi connectivity index (χ2n) is 3.69. The average molecular weight is 256 g/mol. The van der Waals surface area contributed by atoms with Gasteiger partial charge in [-0.1, -0.05) is 6.07 Å². The molecule has 0 saturated heterocycles. The van der Waals surface area contributed by atoms with Crippen LogP contribution in [0.1, 0.15) is 28.4 Å². The number of rotatable bonds is 5. The van der Waals surface area contributed by atoms with E-state index >= 15 is 0 Å². The molecule has 5 nitrogen and oxygen atoms in total. The van der Waals surface area contributed by atoms with E-state index in [0.717, 1.165) is 13.2 Å². The highest BCUT2D eigenvalue weighted by Crippen LogP contribution is 2.21. The predicted molar refractivity (Wildman–Crippen MR) is 59.4 cm³/mol. The van der Waals surface area contributed by atoms with Gasteiger partial charge < -0.3 is 14.9 Å². The Morgan fingerprint density at radius 2 is 2.17 bits per heavy atom. The molecule has 0 aliphatic heterocycles. The zero-order valence-corrected chi connectivity index (χ0v) is 9.67. The van der Waals surface area contributed by atoms with E-state index in [-0.39, 0.29) is 11.1 Å². The Bertz CT molecular complexity index is 446. The van der Waals surface area contributed by atoms with Crippen molar-refractivity contribution in [2.45, 2.75) is 18.6 Å². The first-order valence-electron chi connectivity index (χ1n) is 5.17. The van der Waals surface area contributed by atoms with Gasteiger partial charge in [-0.25, -0.2) is 4.39 Å². The molecule has 0 saturated carbocycles. The standard InChI is InChI=1S/C12H13FO5/c1-18-11(16)5-10(15)12(17)7-2-3-8(6-14)9(13)4-7/h2-4,6,10,12,15,17H,5H2,1H3. The lowest BCUT2D eigenvalue weighted by Crippen LogP contribution is -2.22. The van der Waals surface area contributed by atoms with Gasteiger partial charge in [0.1, 0.15) is 11.9 Å². The van der Waals surface area contributed by atoms with E-state index in [1.54, 1.807) is 0 Å². The van der Waals surface area contributed by atoms with Crippen molar-refractivity contribution >= 4 is 12.3 Å². The van der Waals surface area contributed by atoms with E-state index in [1.807, 2.05) is 0 Å². The van der Waals surface area contributed by atoms with Gasteiger partial charge in [-0.15, -0.1) is 0 Å². The number of ether oxygens (including phenoxy) is 1. The lowest BCUT2D eigenvalue weighted by molar-refractivity contribution is -0.144. The van der Waals surface area contributed by atoms with E-state index in [2.05, 4.69) is 4.74 Å². The van der Waals surface area contributed by atoms with Crippen LogP contribution in [-0.4, -0.2) is 35.7 Å². The molecule has 1 rings (SSSR count). The summed E-state index contributed by atoms with van der Waals surface area (Å²) in [5.41, 5.74) is -0.0667. The van der Waals surface area contributed by atoms with Crippen LogP contribution >= 0.6 is 0 Å². The van der Waals surface area contributed by atoms with Gasteiger partial charge in [0, 0.05) is 0 Å². The molecule has 0 aliphatic carbocycles. The molecular formula is C12H13FO5. The fourth-order valence-electron chi connectivity index (χ4n) is 1.41. The molecule has 1 aromatic rings. The zero-order valence-electron chi connectivity index (χ0n) is 9.67. The fourth-order valence-corrected chi connectivity index (χ4v) is 1.41. The number of hydrogen-bond acceptors (Lipinski definition) is 5. The number of hydrogen-bond donors (Lipinski definition) is 2. The second-order valence-corrected chi connectivity index (χ2v) is 3.69. The fraction of sp³-hybridized carbons (Fsp3) is 0.333. The van der Waals surface area contributed by atoms with Crippen LogP contribution in [0.2, 0.25) is 0 Å². The monoisotopic (exact) mass is 256 g/mol. The average Bonchev–Trinajstić information content (AvgIpc) is 2.37. The van der Waals surface area contributed by atoms with Crippen molar-refractivity contribution in [1.82, 2.24) is 0 Å².